The Morgan fingerprint density at radius 1 is 1.15 bits per heavy atom. The number of para-hydroxylation sites is 1. The summed E-state index contributed by atoms with van der Waals surface area (Å²) in [6, 6.07) is 12.6. The third-order valence-electron chi connectivity index (χ3n) is 2.48. The molecule has 0 fully saturated rings. The van der Waals surface area contributed by atoms with E-state index >= 15 is 0 Å². The van der Waals surface area contributed by atoms with E-state index in [2.05, 4.69) is 15.5 Å². The fourth-order valence-corrected chi connectivity index (χ4v) is 1.61. The summed E-state index contributed by atoms with van der Waals surface area (Å²) in [5.74, 6) is 0.552. The maximum Gasteiger partial charge on any atom is 0.271 e. The predicted octanol–water partition coefficient (Wildman–Crippen LogP) is 2.33. The zero-order valence-electron chi connectivity index (χ0n) is 10.8. The van der Waals surface area contributed by atoms with Crippen LogP contribution < -0.4 is 10.1 Å². The summed E-state index contributed by atoms with van der Waals surface area (Å²) >= 11 is 5.60. The Hall–Kier alpha value is -2.14. The lowest BCUT2D eigenvalue weighted by Crippen LogP contribution is -2.26. The Bertz CT molecular complexity index is 546. The summed E-state index contributed by atoms with van der Waals surface area (Å²) in [5.41, 5.74) is 0.248. The number of carbonyl (C=O) groups is 1. The smallest absolute Gasteiger partial charge is 0.271 e. The number of hydrogen-bond donors (Lipinski definition) is 1. The average Bonchev–Trinajstić information content (AvgIpc) is 2.48. The van der Waals surface area contributed by atoms with Crippen molar-refractivity contribution in [3.63, 3.8) is 0 Å². The molecule has 0 radical (unpaired) electrons. The number of amides is 1. The van der Waals surface area contributed by atoms with Crippen molar-refractivity contribution in [2.75, 3.05) is 13.2 Å². The van der Waals surface area contributed by atoms with Crippen molar-refractivity contribution in [1.82, 2.24) is 15.5 Å². The van der Waals surface area contributed by atoms with E-state index in [0.717, 1.165) is 5.75 Å². The normalized spacial score (nSPS) is 10.1. The largest absolute Gasteiger partial charge is 0.494 e. The van der Waals surface area contributed by atoms with Crippen molar-refractivity contribution < 1.29 is 9.53 Å². The van der Waals surface area contributed by atoms with E-state index in [1.807, 2.05) is 30.3 Å². The highest BCUT2D eigenvalue weighted by molar-refractivity contribution is 6.29. The van der Waals surface area contributed by atoms with Crippen LogP contribution in [0.15, 0.2) is 42.5 Å². The van der Waals surface area contributed by atoms with Crippen molar-refractivity contribution in [3.8, 4) is 5.75 Å². The van der Waals surface area contributed by atoms with Crippen LogP contribution in [-0.4, -0.2) is 29.3 Å². The van der Waals surface area contributed by atoms with Gasteiger partial charge in [0.1, 0.15) is 5.75 Å². The number of carbonyl (C=O) groups excluding carboxylic acids is 1. The first-order chi connectivity index (χ1) is 9.75. The van der Waals surface area contributed by atoms with Gasteiger partial charge in [-0.25, -0.2) is 0 Å². The molecule has 0 unspecified atom stereocenters. The Balaban J connectivity index is 1.66. The van der Waals surface area contributed by atoms with E-state index in [4.69, 9.17) is 16.3 Å². The van der Waals surface area contributed by atoms with Crippen LogP contribution in [0, 0.1) is 0 Å². The Morgan fingerprint density at radius 2 is 1.95 bits per heavy atom. The van der Waals surface area contributed by atoms with Crippen LogP contribution in [-0.2, 0) is 0 Å². The second-order valence-electron chi connectivity index (χ2n) is 4.01. The van der Waals surface area contributed by atoms with Crippen LogP contribution in [0.4, 0.5) is 0 Å². The van der Waals surface area contributed by atoms with Crippen LogP contribution >= 0.6 is 11.6 Å². The molecule has 104 valence electrons. The number of halogens is 1. The van der Waals surface area contributed by atoms with E-state index in [-0.39, 0.29) is 16.8 Å². The molecule has 0 bridgehead atoms. The molecule has 1 amide bonds. The minimum absolute atomic E-state index is 0.248. The predicted molar refractivity (Wildman–Crippen MR) is 75.9 cm³/mol. The molecule has 2 aromatic rings. The van der Waals surface area contributed by atoms with Crippen LogP contribution in [0.2, 0.25) is 5.15 Å². The van der Waals surface area contributed by atoms with Gasteiger partial charge in [0.25, 0.3) is 5.91 Å². The lowest BCUT2D eigenvalue weighted by atomic mass is 10.3. The number of hydrogen-bond acceptors (Lipinski definition) is 4. The summed E-state index contributed by atoms with van der Waals surface area (Å²) < 4.78 is 5.51. The highest BCUT2D eigenvalue weighted by Crippen LogP contribution is 2.08. The lowest BCUT2D eigenvalue weighted by molar-refractivity contribution is 0.0945. The summed E-state index contributed by atoms with van der Waals surface area (Å²) in [6.07, 6.45) is 0.710. The standard InChI is InChI=1S/C14H14ClN3O2/c15-13-8-7-12(17-18-13)14(19)16-9-4-10-20-11-5-2-1-3-6-11/h1-3,5-8H,4,9-10H2,(H,16,19). The third-order valence-corrected chi connectivity index (χ3v) is 2.68. The molecule has 1 heterocycles. The van der Waals surface area contributed by atoms with Crippen molar-refractivity contribution in [1.29, 1.82) is 0 Å². The first-order valence-corrected chi connectivity index (χ1v) is 6.59. The van der Waals surface area contributed by atoms with Gasteiger partial charge in [0.05, 0.1) is 6.61 Å². The minimum Gasteiger partial charge on any atom is -0.494 e. The van der Waals surface area contributed by atoms with Gasteiger partial charge in [0.15, 0.2) is 10.8 Å². The molecular formula is C14H14ClN3O2. The molecule has 2 rings (SSSR count). The molecule has 0 spiro atoms. The van der Waals surface area contributed by atoms with E-state index in [0.29, 0.717) is 19.6 Å². The topological polar surface area (TPSA) is 64.1 Å². The quantitative estimate of drug-likeness (QED) is 0.830. The van der Waals surface area contributed by atoms with Gasteiger partial charge in [0, 0.05) is 6.54 Å². The van der Waals surface area contributed by atoms with Crippen molar-refractivity contribution in [2.24, 2.45) is 0 Å². The summed E-state index contributed by atoms with van der Waals surface area (Å²) in [4.78, 5) is 11.7. The van der Waals surface area contributed by atoms with Crippen LogP contribution in [0.5, 0.6) is 5.75 Å². The maximum atomic E-state index is 11.7. The van der Waals surface area contributed by atoms with Crippen molar-refractivity contribution in [3.05, 3.63) is 53.3 Å². The number of benzene rings is 1. The zero-order valence-corrected chi connectivity index (χ0v) is 11.5. The number of aromatic nitrogens is 2. The van der Waals surface area contributed by atoms with Gasteiger partial charge in [-0.15, -0.1) is 10.2 Å². The average molecular weight is 292 g/mol. The third kappa shape index (κ3) is 4.51. The summed E-state index contributed by atoms with van der Waals surface area (Å²) in [7, 11) is 0. The number of nitrogens with one attached hydrogen (secondary N) is 1. The van der Waals surface area contributed by atoms with E-state index < -0.39 is 0 Å². The van der Waals surface area contributed by atoms with Gasteiger partial charge < -0.3 is 10.1 Å². The van der Waals surface area contributed by atoms with Gasteiger partial charge in [-0.2, -0.15) is 0 Å². The van der Waals surface area contributed by atoms with Gasteiger partial charge in [-0.05, 0) is 30.7 Å². The molecule has 0 aliphatic carbocycles. The highest BCUT2D eigenvalue weighted by atomic mass is 35.5. The molecule has 1 aromatic heterocycles. The van der Waals surface area contributed by atoms with Crippen molar-refractivity contribution >= 4 is 17.5 Å². The lowest BCUT2D eigenvalue weighted by Gasteiger charge is -2.06. The molecule has 0 aliphatic heterocycles. The Kier molecular flexibility index (Phi) is 5.32. The van der Waals surface area contributed by atoms with Crippen LogP contribution in [0.3, 0.4) is 0 Å². The van der Waals surface area contributed by atoms with Crippen molar-refractivity contribution in [2.45, 2.75) is 6.42 Å². The number of nitrogens with zero attached hydrogens (tertiary/aromatic N) is 2. The molecule has 0 atom stereocenters. The molecular weight excluding hydrogens is 278 g/mol. The van der Waals surface area contributed by atoms with Gasteiger partial charge in [-0.1, -0.05) is 29.8 Å². The van der Waals surface area contributed by atoms with Crippen LogP contribution in [0.1, 0.15) is 16.9 Å². The zero-order chi connectivity index (χ0) is 14.2. The fraction of sp³-hybridized carbons (Fsp3) is 0.214. The molecule has 1 N–H and O–H groups in total. The second-order valence-corrected chi connectivity index (χ2v) is 4.40. The SMILES string of the molecule is O=C(NCCCOc1ccccc1)c1ccc(Cl)nn1. The van der Waals surface area contributed by atoms with Gasteiger partial charge in [0.2, 0.25) is 0 Å². The second kappa shape index (κ2) is 7.45. The summed E-state index contributed by atoms with van der Waals surface area (Å²) in [6.45, 7) is 1.05. The minimum atomic E-state index is -0.270. The molecule has 6 heteroatoms. The monoisotopic (exact) mass is 291 g/mol. The van der Waals surface area contributed by atoms with Gasteiger partial charge in [-0.3, -0.25) is 4.79 Å². The molecule has 0 saturated carbocycles. The van der Waals surface area contributed by atoms with E-state index in [9.17, 15) is 4.79 Å². The molecule has 1 aromatic carbocycles. The molecule has 5 nitrogen and oxygen atoms in total. The number of ether oxygens (including phenoxy) is 1. The Labute approximate surface area is 121 Å². The van der Waals surface area contributed by atoms with E-state index in [1.54, 1.807) is 0 Å². The maximum absolute atomic E-state index is 11.7. The fourth-order valence-electron chi connectivity index (χ4n) is 1.51. The first kappa shape index (κ1) is 14.3. The highest BCUT2D eigenvalue weighted by Gasteiger charge is 2.06. The van der Waals surface area contributed by atoms with Gasteiger partial charge >= 0.3 is 0 Å². The first-order valence-electron chi connectivity index (χ1n) is 6.21. The van der Waals surface area contributed by atoms with Crippen LogP contribution in [0.25, 0.3) is 0 Å². The molecule has 20 heavy (non-hydrogen) atoms. The molecule has 0 aliphatic rings. The summed E-state index contributed by atoms with van der Waals surface area (Å²) in [5, 5.41) is 10.3. The number of rotatable bonds is 6. The van der Waals surface area contributed by atoms with E-state index in [1.165, 1.54) is 12.1 Å². The Morgan fingerprint density at radius 3 is 2.65 bits per heavy atom. The molecule has 0 saturated heterocycles.